The Hall–Kier alpha value is -3.44. The van der Waals surface area contributed by atoms with Gasteiger partial charge in [0.25, 0.3) is 0 Å². The molecule has 0 amide bonds. The number of benzene rings is 3. The van der Waals surface area contributed by atoms with E-state index in [1.54, 1.807) is 6.07 Å². The fourth-order valence-corrected chi connectivity index (χ4v) is 4.86. The Kier molecular flexibility index (Phi) is 5.97. The molecule has 5 rings (SSSR count). The number of anilines is 1. The van der Waals surface area contributed by atoms with Crippen molar-refractivity contribution in [2.24, 2.45) is 0 Å². The van der Waals surface area contributed by atoms with Crippen molar-refractivity contribution in [2.75, 3.05) is 25.5 Å². The van der Waals surface area contributed by atoms with E-state index in [-0.39, 0.29) is 5.75 Å². The first-order valence-corrected chi connectivity index (χ1v) is 11.7. The van der Waals surface area contributed by atoms with E-state index >= 15 is 0 Å². The van der Waals surface area contributed by atoms with E-state index in [4.69, 9.17) is 0 Å². The molecule has 1 saturated heterocycles. The van der Waals surface area contributed by atoms with Gasteiger partial charge in [0.2, 0.25) is 0 Å². The maximum absolute atomic E-state index is 10.7. The number of likely N-dealkylation sites (N-methyl/N-ethyl adjacent to an activating group) is 1. The Balaban J connectivity index is 1.65. The van der Waals surface area contributed by atoms with Crippen LogP contribution in [-0.2, 0) is 6.42 Å². The van der Waals surface area contributed by atoms with E-state index in [0.717, 1.165) is 48.1 Å². The van der Waals surface area contributed by atoms with Crippen molar-refractivity contribution in [3.8, 4) is 17.0 Å². The third kappa shape index (κ3) is 4.55. The van der Waals surface area contributed by atoms with E-state index in [9.17, 15) is 5.11 Å². The van der Waals surface area contributed by atoms with Gasteiger partial charge in [0.1, 0.15) is 11.4 Å². The van der Waals surface area contributed by atoms with Crippen LogP contribution in [0.25, 0.3) is 22.0 Å². The number of fused-ring (bicyclic) bond motifs is 1. The summed E-state index contributed by atoms with van der Waals surface area (Å²) in [6.45, 7) is 4.10. The van der Waals surface area contributed by atoms with Crippen LogP contribution in [0.4, 0.5) is 5.82 Å². The summed E-state index contributed by atoms with van der Waals surface area (Å²) >= 11 is 0. The smallest absolute Gasteiger partial charge is 0.157 e. The van der Waals surface area contributed by atoms with E-state index < -0.39 is 0 Å². The number of nitrogens with zero attached hydrogens (tertiary/aromatic N) is 3. The molecule has 4 aromatic rings. The third-order valence-electron chi connectivity index (χ3n) is 6.50. The summed E-state index contributed by atoms with van der Waals surface area (Å²) in [6.07, 6.45) is 3.10. The van der Waals surface area contributed by atoms with Crippen molar-refractivity contribution in [3.05, 3.63) is 83.4 Å². The Morgan fingerprint density at radius 3 is 2.67 bits per heavy atom. The molecule has 0 bridgehead atoms. The van der Waals surface area contributed by atoms with Crippen LogP contribution in [0.3, 0.4) is 0 Å². The minimum absolute atomic E-state index is 0.230. The van der Waals surface area contributed by atoms with Gasteiger partial charge in [-0.1, -0.05) is 54.6 Å². The molecule has 2 heterocycles. The summed E-state index contributed by atoms with van der Waals surface area (Å²) in [4.78, 5) is 2.36. The number of aromatic hydroxyl groups is 1. The van der Waals surface area contributed by atoms with Gasteiger partial charge in [-0.3, -0.25) is 0 Å². The first-order chi connectivity index (χ1) is 16.1. The summed E-state index contributed by atoms with van der Waals surface area (Å²) in [6, 6.07) is 22.9. The molecule has 1 aliphatic rings. The molecule has 0 radical (unpaired) electrons. The van der Waals surface area contributed by atoms with Gasteiger partial charge in [-0.05, 0) is 68.6 Å². The average Bonchev–Trinajstić information content (AvgIpc) is 2.81. The Morgan fingerprint density at radius 1 is 1.03 bits per heavy atom. The lowest BCUT2D eigenvalue weighted by Crippen LogP contribution is -2.40. The number of piperidine rings is 1. The lowest BCUT2D eigenvalue weighted by atomic mass is 9.95. The molecular formula is C28H30N4O. The SMILES string of the molecule is Cc1ccc(-c2nnc(N[C@@H]3CCCN(C)C3)c3c(Cc4ccccc4)cccc23)c(O)c1. The van der Waals surface area contributed by atoms with Crippen molar-refractivity contribution in [1.82, 2.24) is 15.1 Å². The van der Waals surface area contributed by atoms with Crippen LogP contribution in [-0.4, -0.2) is 46.4 Å². The van der Waals surface area contributed by atoms with E-state index in [1.165, 1.54) is 17.5 Å². The number of rotatable bonds is 5. The van der Waals surface area contributed by atoms with Gasteiger partial charge in [0, 0.05) is 28.9 Å². The second-order valence-corrected chi connectivity index (χ2v) is 9.17. The summed E-state index contributed by atoms with van der Waals surface area (Å²) in [5.74, 6) is 1.06. The topological polar surface area (TPSA) is 61.3 Å². The Bertz CT molecular complexity index is 1270. The normalized spacial score (nSPS) is 16.7. The van der Waals surface area contributed by atoms with Crippen LogP contribution in [0, 0.1) is 6.92 Å². The van der Waals surface area contributed by atoms with Crippen molar-refractivity contribution in [1.29, 1.82) is 0 Å². The molecule has 3 aromatic carbocycles. The lowest BCUT2D eigenvalue weighted by molar-refractivity contribution is 0.261. The zero-order valence-electron chi connectivity index (χ0n) is 19.3. The molecule has 0 unspecified atom stereocenters. The maximum Gasteiger partial charge on any atom is 0.157 e. The summed E-state index contributed by atoms with van der Waals surface area (Å²) < 4.78 is 0. The number of aryl methyl sites for hydroxylation is 1. The van der Waals surface area contributed by atoms with Crippen molar-refractivity contribution in [3.63, 3.8) is 0 Å². The predicted molar refractivity (Wildman–Crippen MR) is 135 cm³/mol. The molecule has 1 aliphatic heterocycles. The van der Waals surface area contributed by atoms with Crippen molar-refractivity contribution >= 4 is 16.6 Å². The van der Waals surface area contributed by atoms with Gasteiger partial charge in [0.05, 0.1) is 0 Å². The van der Waals surface area contributed by atoms with Gasteiger partial charge in [-0.15, -0.1) is 10.2 Å². The molecule has 5 heteroatoms. The van der Waals surface area contributed by atoms with Gasteiger partial charge < -0.3 is 15.3 Å². The molecular weight excluding hydrogens is 408 g/mol. The fraction of sp³-hybridized carbons (Fsp3) is 0.286. The highest BCUT2D eigenvalue weighted by Crippen LogP contribution is 2.37. The molecule has 5 nitrogen and oxygen atoms in total. The monoisotopic (exact) mass is 438 g/mol. The standard InChI is InChI=1S/C28H30N4O/c1-19-13-14-23(25(33)16-19)27-24-12-6-10-21(17-20-8-4-3-5-9-20)26(24)28(31-30-27)29-22-11-7-15-32(2)18-22/h3-6,8-10,12-14,16,22,33H,7,11,15,17-18H2,1-2H3,(H,29,31)/t22-/m1/s1. The van der Waals surface area contributed by atoms with Gasteiger partial charge in [-0.2, -0.15) is 0 Å². The maximum atomic E-state index is 10.7. The number of phenols is 1. The number of hydrogen-bond donors (Lipinski definition) is 2. The number of aromatic nitrogens is 2. The molecule has 0 aliphatic carbocycles. The number of phenolic OH excluding ortho intramolecular Hbond substituents is 1. The molecule has 1 atom stereocenters. The van der Waals surface area contributed by atoms with E-state index in [2.05, 4.69) is 69.9 Å². The predicted octanol–water partition coefficient (Wildman–Crippen LogP) is 5.41. The minimum Gasteiger partial charge on any atom is -0.507 e. The van der Waals surface area contributed by atoms with Crippen LogP contribution >= 0.6 is 0 Å². The van der Waals surface area contributed by atoms with Gasteiger partial charge in [-0.25, -0.2) is 0 Å². The number of nitrogens with one attached hydrogen (secondary N) is 1. The third-order valence-corrected chi connectivity index (χ3v) is 6.50. The van der Waals surface area contributed by atoms with Gasteiger partial charge >= 0.3 is 0 Å². The quantitative estimate of drug-likeness (QED) is 0.436. The first kappa shape index (κ1) is 21.4. The molecule has 2 N–H and O–H groups in total. The molecule has 0 spiro atoms. The van der Waals surface area contributed by atoms with Gasteiger partial charge in [0.15, 0.2) is 5.82 Å². The second kappa shape index (κ2) is 9.20. The first-order valence-electron chi connectivity index (χ1n) is 11.7. The highest BCUT2D eigenvalue weighted by Gasteiger charge is 2.21. The summed E-state index contributed by atoms with van der Waals surface area (Å²) in [5, 5.41) is 25.8. The van der Waals surface area contributed by atoms with Crippen LogP contribution < -0.4 is 5.32 Å². The van der Waals surface area contributed by atoms with Crippen LogP contribution in [0.5, 0.6) is 5.75 Å². The van der Waals surface area contributed by atoms with E-state index in [1.807, 2.05) is 25.1 Å². The molecule has 33 heavy (non-hydrogen) atoms. The zero-order chi connectivity index (χ0) is 22.8. The average molecular weight is 439 g/mol. The highest BCUT2D eigenvalue weighted by atomic mass is 16.3. The molecule has 0 saturated carbocycles. The second-order valence-electron chi connectivity index (χ2n) is 9.17. The number of likely N-dealkylation sites (tertiary alicyclic amines) is 1. The van der Waals surface area contributed by atoms with Crippen LogP contribution in [0.1, 0.15) is 29.5 Å². The number of hydrogen-bond acceptors (Lipinski definition) is 5. The Morgan fingerprint density at radius 2 is 1.88 bits per heavy atom. The van der Waals surface area contributed by atoms with E-state index in [0.29, 0.717) is 17.3 Å². The van der Waals surface area contributed by atoms with Crippen molar-refractivity contribution in [2.45, 2.75) is 32.2 Å². The zero-order valence-corrected chi connectivity index (χ0v) is 19.3. The summed E-state index contributed by atoms with van der Waals surface area (Å²) in [5.41, 5.74) is 4.89. The van der Waals surface area contributed by atoms with Crippen LogP contribution in [0.2, 0.25) is 0 Å². The molecule has 168 valence electrons. The van der Waals surface area contributed by atoms with Crippen LogP contribution in [0.15, 0.2) is 66.7 Å². The largest absolute Gasteiger partial charge is 0.507 e. The van der Waals surface area contributed by atoms with Crippen molar-refractivity contribution < 1.29 is 5.11 Å². The Labute approximate surface area is 195 Å². The summed E-state index contributed by atoms with van der Waals surface area (Å²) in [7, 11) is 2.17. The lowest BCUT2D eigenvalue weighted by Gasteiger charge is -2.31. The fourth-order valence-electron chi connectivity index (χ4n) is 4.86. The highest BCUT2D eigenvalue weighted by molar-refractivity contribution is 6.03. The minimum atomic E-state index is 0.230. The molecule has 1 aromatic heterocycles. The molecule has 1 fully saturated rings.